The number of allylic oxidation sites excluding steroid dienone is 4. The van der Waals surface area contributed by atoms with Crippen molar-refractivity contribution in [3.63, 3.8) is 0 Å². The Kier molecular flexibility index (Phi) is 17.2. The zero-order valence-electron chi connectivity index (χ0n) is 37.3. The van der Waals surface area contributed by atoms with Crippen molar-refractivity contribution < 1.29 is 61.3 Å². The summed E-state index contributed by atoms with van der Waals surface area (Å²) in [6, 6.07) is 32.0. The summed E-state index contributed by atoms with van der Waals surface area (Å²) in [5, 5.41) is 5.22. The number of halogens is 5. The second kappa shape index (κ2) is 21.7. The molecule has 4 aromatic rings. The first-order valence-electron chi connectivity index (χ1n) is 23.2. The topological polar surface area (TPSA) is 0 Å². The summed E-state index contributed by atoms with van der Waals surface area (Å²) in [6.45, 7) is 6.40. The second-order valence-corrected chi connectivity index (χ2v) is 27.4. The summed E-state index contributed by atoms with van der Waals surface area (Å²) in [7, 11) is 0. The molecule has 4 saturated carbocycles. The first-order valence-corrected chi connectivity index (χ1v) is 29.1. The van der Waals surface area contributed by atoms with Gasteiger partial charge in [0.15, 0.2) is 0 Å². The fourth-order valence-corrected chi connectivity index (χ4v) is 12.7. The number of aryl methyl sites for hydroxylation is 2. The van der Waals surface area contributed by atoms with Crippen LogP contribution in [0.15, 0.2) is 108 Å². The molecule has 0 saturated heterocycles. The molecule has 7 heteroatoms. The van der Waals surface area contributed by atoms with Crippen LogP contribution in [0.4, 0.5) is 13.2 Å². The van der Waals surface area contributed by atoms with E-state index in [4.69, 9.17) is 0 Å². The predicted octanol–water partition coefficient (Wildman–Crippen LogP) is 6.64. The van der Waals surface area contributed by atoms with Gasteiger partial charge in [-0.2, -0.15) is 0 Å². The van der Waals surface area contributed by atoms with E-state index in [-0.39, 0.29) is 24.8 Å². The maximum absolute atomic E-state index is 11.4. The van der Waals surface area contributed by atoms with E-state index in [1.54, 1.807) is 0 Å². The van der Waals surface area contributed by atoms with E-state index in [1.807, 2.05) is 6.55 Å². The molecular formula is C56H61Cl2F3SiZr-2. The van der Waals surface area contributed by atoms with E-state index in [1.165, 1.54) is 166 Å². The molecule has 330 valence electrons. The van der Waals surface area contributed by atoms with Gasteiger partial charge in [-0.3, -0.25) is 0 Å². The number of benzene rings is 4. The van der Waals surface area contributed by atoms with Crippen LogP contribution >= 0.6 is 0 Å². The fraction of sp³-hybridized carbons (Fsp3) is 0.429. The number of rotatable bonds is 10. The molecule has 4 bridgehead atoms. The molecule has 63 heavy (non-hydrogen) atoms. The Bertz CT molecular complexity index is 2370. The molecule has 0 nitrogen and oxygen atoms in total. The number of alkyl halides is 3. The SMILES string of the molecule is CCCc1ccc(-c2cccc3c2=CC(=CC24CCC(CC2)C4)[C-]=3)cc1.CCCc1ccc(-c2cccc3c2=CC(=CC24CCC(CC2)C4)[C-]=3)cc1.C[Si](=[Zr+2])CCC(F)(F)F.[Cl-].[Cl-]. The van der Waals surface area contributed by atoms with Crippen molar-refractivity contribution >= 4 is 29.7 Å². The minimum absolute atomic E-state index is 0. The van der Waals surface area contributed by atoms with Crippen molar-refractivity contribution in [2.75, 3.05) is 0 Å². The molecule has 6 aliphatic carbocycles. The Labute approximate surface area is 402 Å². The summed E-state index contributed by atoms with van der Waals surface area (Å²) in [6.07, 6.45) is 31.6. The van der Waals surface area contributed by atoms with Crippen LogP contribution in [0.1, 0.15) is 108 Å². The van der Waals surface area contributed by atoms with E-state index >= 15 is 0 Å². The molecule has 0 radical (unpaired) electrons. The van der Waals surface area contributed by atoms with Gasteiger partial charge in [-0.25, -0.2) is 0 Å². The largest absolute Gasteiger partial charge is 1.00 e. The van der Waals surface area contributed by atoms with Crippen molar-refractivity contribution in [2.24, 2.45) is 22.7 Å². The van der Waals surface area contributed by atoms with Gasteiger partial charge in [0.25, 0.3) is 0 Å². The van der Waals surface area contributed by atoms with Crippen molar-refractivity contribution in [3.8, 4) is 22.3 Å². The standard InChI is InChI=1S/2C26H27.C4H7F3Si.2ClH.Zr/c2*1-2-4-19-7-9-22(10-8-19)24-6-3-5-23-15-21(16-25(23)24)18-26-13-11-20(17-26)12-14-26;1-8-3-2-4(5,6)7;;;/h2*3,5-10,16,18,20H,2,4,11-14,17H2,1H3;2-3H2,1H3;2*1H;/q2*-1;;;;+2/p-2. The van der Waals surface area contributed by atoms with Gasteiger partial charge in [-0.15, -0.1) is 80.6 Å². The van der Waals surface area contributed by atoms with Crippen LogP contribution in [0.25, 0.3) is 46.6 Å². The average molecular weight is 981 g/mol. The molecule has 0 amide bonds. The average Bonchev–Trinajstić information content (AvgIpc) is 4.12. The Hall–Kier alpha value is -2.69. The zero-order chi connectivity index (χ0) is 42.6. The van der Waals surface area contributed by atoms with Crippen LogP contribution in [0.2, 0.25) is 12.6 Å². The normalized spacial score (nSPS) is 24.3. The molecule has 0 aliphatic heterocycles. The summed E-state index contributed by atoms with van der Waals surface area (Å²) in [5.41, 5.74) is 11.2. The zero-order valence-corrected chi connectivity index (χ0v) is 42.2. The van der Waals surface area contributed by atoms with E-state index < -0.39 is 18.0 Å². The van der Waals surface area contributed by atoms with Crippen LogP contribution in [0.5, 0.6) is 0 Å². The summed E-state index contributed by atoms with van der Waals surface area (Å²) in [4.78, 5) is 0. The summed E-state index contributed by atoms with van der Waals surface area (Å²) in [5.74, 6) is 1.99. The van der Waals surface area contributed by atoms with Crippen molar-refractivity contribution in [3.05, 3.63) is 140 Å². The van der Waals surface area contributed by atoms with Crippen molar-refractivity contribution in [1.29, 1.82) is 0 Å². The molecule has 4 fully saturated rings. The van der Waals surface area contributed by atoms with Gasteiger partial charge >= 0.3 is 67.1 Å². The summed E-state index contributed by atoms with van der Waals surface area (Å²) < 4.78 is 34.3. The first kappa shape index (κ1) is 49.7. The Balaban J connectivity index is 0.000000172. The van der Waals surface area contributed by atoms with Gasteiger partial charge in [0, 0.05) is 0 Å². The fourth-order valence-electron chi connectivity index (χ4n) is 11.2. The van der Waals surface area contributed by atoms with Crippen LogP contribution in [0.3, 0.4) is 0 Å². The molecule has 6 aliphatic rings. The van der Waals surface area contributed by atoms with Crippen LogP contribution < -0.4 is 45.7 Å². The molecule has 4 aromatic carbocycles. The number of hydrogen-bond donors (Lipinski definition) is 0. The maximum atomic E-state index is 11.4. The van der Waals surface area contributed by atoms with E-state index in [0.29, 0.717) is 16.9 Å². The monoisotopic (exact) mass is 978 g/mol. The smallest absolute Gasteiger partial charge is 1.00 e. The molecule has 0 atom stereocenters. The minimum Gasteiger partial charge on any atom is -1.00 e. The van der Waals surface area contributed by atoms with Crippen molar-refractivity contribution in [2.45, 2.75) is 129 Å². The number of fused-ring (bicyclic) bond motifs is 6. The minimum atomic E-state index is -3.93. The van der Waals surface area contributed by atoms with Crippen LogP contribution in [-0.2, 0) is 36.2 Å². The van der Waals surface area contributed by atoms with Gasteiger partial charge in [-0.1, -0.05) is 162 Å². The van der Waals surface area contributed by atoms with Gasteiger partial charge in [-0.05, 0) is 70.6 Å². The Morgan fingerprint density at radius 2 is 1.03 bits per heavy atom. The summed E-state index contributed by atoms with van der Waals surface area (Å²) >= 11 is 1.29. The number of hydrogen-bond acceptors (Lipinski definition) is 0. The van der Waals surface area contributed by atoms with Gasteiger partial charge in [0.1, 0.15) is 0 Å². The van der Waals surface area contributed by atoms with Crippen molar-refractivity contribution in [1.82, 2.24) is 0 Å². The Morgan fingerprint density at radius 3 is 1.33 bits per heavy atom. The van der Waals surface area contributed by atoms with E-state index in [9.17, 15) is 13.2 Å². The van der Waals surface area contributed by atoms with Gasteiger partial charge < -0.3 is 24.8 Å². The van der Waals surface area contributed by atoms with E-state index in [0.717, 1.165) is 24.7 Å². The van der Waals surface area contributed by atoms with E-state index in [2.05, 4.69) is 135 Å². The molecule has 0 aromatic heterocycles. The first-order chi connectivity index (χ1) is 29.4. The molecule has 0 N–H and O–H groups in total. The molecule has 10 rings (SSSR count). The second-order valence-electron chi connectivity index (χ2n) is 19.1. The Morgan fingerprint density at radius 1 is 0.635 bits per heavy atom. The predicted molar refractivity (Wildman–Crippen MR) is 247 cm³/mol. The maximum Gasteiger partial charge on any atom is -1.00 e. The van der Waals surface area contributed by atoms with Gasteiger partial charge in [0.2, 0.25) is 0 Å². The third-order valence-electron chi connectivity index (χ3n) is 14.3. The molecule has 0 unspecified atom stereocenters. The third kappa shape index (κ3) is 12.4. The van der Waals surface area contributed by atoms with Crippen LogP contribution in [-0.4, -0.2) is 11.6 Å². The quantitative estimate of drug-likeness (QED) is 0.124. The van der Waals surface area contributed by atoms with Gasteiger partial charge in [0.05, 0.1) is 0 Å². The third-order valence-corrected chi connectivity index (χ3v) is 17.1. The molecule has 0 spiro atoms. The molecular weight excluding hydrogens is 920 g/mol. The molecule has 0 heterocycles. The van der Waals surface area contributed by atoms with Crippen LogP contribution in [0, 0.1) is 22.7 Å².